The molecule has 23 heavy (non-hydrogen) atoms. The molecule has 0 radical (unpaired) electrons. The summed E-state index contributed by atoms with van der Waals surface area (Å²) in [6.45, 7) is 4.40. The number of carbonyl (C=O) groups is 1. The van der Waals surface area contributed by atoms with E-state index in [4.69, 9.17) is 9.47 Å². The summed E-state index contributed by atoms with van der Waals surface area (Å²) in [5, 5.41) is 5.58. The Kier molecular flexibility index (Phi) is 5.86. The van der Waals surface area contributed by atoms with Crippen molar-refractivity contribution in [1.29, 1.82) is 0 Å². The number of methoxy groups -OCH3 is 1. The Labute approximate surface area is 136 Å². The number of hydrogen-bond acceptors (Lipinski definition) is 3. The van der Waals surface area contributed by atoms with Crippen LogP contribution in [-0.4, -0.2) is 19.2 Å². The Balaban J connectivity index is 1.86. The molecule has 5 heteroatoms. The Bertz CT molecular complexity index is 639. The summed E-state index contributed by atoms with van der Waals surface area (Å²) in [5.74, 6) is 1.44. The van der Waals surface area contributed by atoms with E-state index in [-0.39, 0.29) is 12.1 Å². The number of amides is 2. The van der Waals surface area contributed by atoms with E-state index in [2.05, 4.69) is 10.6 Å². The summed E-state index contributed by atoms with van der Waals surface area (Å²) >= 11 is 0. The van der Waals surface area contributed by atoms with Crippen molar-refractivity contribution >= 4 is 11.7 Å². The topological polar surface area (TPSA) is 59.6 Å². The fraction of sp³-hybridized carbons (Fsp3) is 0.278. The molecule has 0 aliphatic rings. The maximum Gasteiger partial charge on any atom is 0.319 e. The maximum absolute atomic E-state index is 12.0. The van der Waals surface area contributed by atoms with Gasteiger partial charge in [0.15, 0.2) is 0 Å². The summed E-state index contributed by atoms with van der Waals surface area (Å²) in [7, 11) is 1.57. The van der Waals surface area contributed by atoms with Crippen LogP contribution in [0.15, 0.2) is 48.5 Å². The minimum Gasteiger partial charge on any atom is -0.495 e. The van der Waals surface area contributed by atoms with Crippen molar-refractivity contribution < 1.29 is 14.3 Å². The molecule has 0 heterocycles. The number of benzene rings is 2. The van der Waals surface area contributed by atoms with Crippen molar-refractivity contribution in [2.45, 2.75) is 26.5 Å². The molecule has 0 bridgehead atoms. The van der Waals surface area contributed by atoms with E-state index < -0.39 is 0 Å². The lowest BCUT2D eigenvalue weighted by Gasteiger charge is -2.12. The van der Waals surface area contributed by atoms with Crippen LogP contribution < -0.4 is 20.1 Å². The van der Waals surface area contributed by atoms with E-state index in [1.165, 1.54) is 0 Å². The molecule has 2 aromatic rings. The Morgan fingerprint density at radius 1 is 1.09 bits per heavy atom. The van der Waals surface area contributed by atoms with Gasteiger partial charge in [0.25, 0.3) is 0 Å². The summed E-state index contributed by atoms with van der Waals surface area (Å²) in [6, 6.07) is 14.7. The first-order valence-electron chi connectivity index (χ1n) is 7.52. The van der Waals surface area contributed by atoms with E-state index in [1.807, 2.05) is 50.2 Å². The molecule has 5 nitrogen and oxygen atoms in total. The number of nitrogens with one attached hydrogen (secondary N) is 2. The quantitative estimate of drug-likeness (QED) is 0.852. The maximum atomic E-state index is 12.0. The van der Waals surface area contributed by atoms with Gasteiger partial charge in [-0.1, -0.05) is 24.3 Å². The van der Waals surface area contributed by atoms with Gasteiger partial charge in [-0.15, -0.1) is 0 Å². The van der Waals surface area contributed by atoms with Crippen LogP contribution in [0.2, 0.25) is 0 Å². The fourth-order valence-electron chi connectivity index (χ4n) is 2.05. The van der Waals surface area contributed by atoms with Crippen molar-refractivity contribution in [3.05, 3.63) is 54.1 Å². The van der Waals surface area contributed by atoms with Crippen molar-refractivity contribution in [2.75, 3.05) is 12.4 Å². The molecule has 2 rings (SSSR count). The molecular formula is C18H22N2O3. The highest BCUT2D eigenvalue weighted by Gasteiger charge is 2.06. The minimum absolute atomic E-state index is 0.144. The first kappa shape index (κ1) is 16.7. The second-order valence-electron chi connectivity index (χ2n) is 5.32. The van der Waals surface area contributed by atoms with Gasteiger partial charge >= 0.3 is 6.03 Å². The summed E-state index contributed by atoms with van der Waals surface area (Å²) in [5.41, 5.74) is 1.63. The summed E-state index contributed by atoms with van der Waals surface area (Å²) in [4.78, 5) is 12.0. The molecule has 0 saturated carbocycles. The third-order valence-electron chi connectivity index (χ3n) is 3.10. The van der Waals surface area contributed by atoms with Crippen molar-refractivity contribution in [3.63, 3.8) is 0 Å². The summed E-state index contributed by atoms with van der Waals surface area (Å²) < 4.78 is 10.8. The fourth-order valence-corrected chi connectivity index (χ4v) is 2.05. The third kappa shape index (κ3) is 5.21. The molecule has 2 amide bonds. The van der Waals surface area contributed by atoms with Crippen molar-refractivity contribution in [1.82, 2.24) is 5.32 Å². The van der Waals surface area contributed by atoms with Crippen LogP contribution in [0.3, 0.4) is 0 Å². The van der Waals surface area contributed by atoms with Crippen LogP contribution in [0, 0.1) is 0 Å². The molecule has 2 aromatic carbocycles. The van der Waals surface area contributed by atoms with E-state index in [0.717, 1.165) is 11.3 Å². The van der Waals surface area contributed by atoms with Gasteiger partial charge in [-0.2, -0.15) is 0 Å². The number of hydrogen-bond donors (Lipinski definition) is 2. The third-order valence-corrected chi connectivity index (χ3v) is 3.10. The second-order valence-corrected chi connectivity index (χ2v) is 5.32. The molecule has 2 N–H and O–H groups in total. The van der Waals surface area contributed by atoms with Gasteiger partial charge in [0, 0.05) is 6.54 Å². The van der Waals surface area contributed by atoms with E-state index >= 15 is 0 Å². The van der Waals surface area contributed by atoms with Gasteiger partial charge in [0.1, 0.15) is 11.5 Å². The van der Waals surface area contributed by atoms with Crippen molar-refractivity contribution in [2.24, 2.45) is 0 Å². The predicted octanol–water partition coefficient (Wildman–Crippen LogP) is 3.80. The van der Waals surface area contributed by atoms with E-state index in [0.29, 0.717) is 18.0 Å². The highest BCUT2D eigenvalue weighted by Crippen LogP contribution is 2.22. The Hall–Kier alpha value is -2.69. The molecule has 0 unspecified atom stereocenters. The molecule has 0 aliphatic carbocycles. The summed E-state index contributed by atoms with van der Waals surface area (Å²) in [6.07, 6.45) is 0.144. The standard InChI is InChI=1S/C18H22N2O3/c1-13(2)23-15-10-8-14(9-11-15)12-19-18(21)20-16-6-4-5-7-17(16)22-3/h4-11,13H,12H2,1-3H3,(H2,19,20,21). The molecule has 0 atom stereocenters. The zero-order chi connectivity index (χ0) is 16.7. The zero-order valence-corrected chi connectivity index (χ0v) is 13.6. The van der Waals surface area contributed by atoms with Gasteiger partial charge in [0.05, 0.1) is 18.9 Å². The van der Waals surface area contributed by atoms with Gasteiger partial charge in [-0.3, -0.25) is 0 Å². The average Bonchev–Trinajstić information content (AvgIpc) is 2.54. The molecule has 0 saturated heterocycles. The van der Waals surface area contributed by atoms with Gasteiger partial charge in [-0.05, 0) is 43.7 Å². The van der Waals surface area contributed by atoms with Crippen LogP contribution in [0.25, 0.3) is 0 Å². The molecule has 0 aromatic heterocycles. The first-order chi connectivity index (χ1) is 11.1. The lowest BCUT2D eigenvalue weighted by atomic mass is 10.2. The monoisotopic (exact) mass is 314 g/mol. The van der Waals surface area contributed by atoms with Crippen LogP contribution in [0.5, 0.6) is 11.5 Å². The molecule has 0 fully saturated rings. The Morgan fingerprint density at radius 2 is 1.78 bits per heavy atom. The number of para-hydroxylation sites is 2. The number of ether oxygens (including phenoxy) is 2. The number of urea groups is 1. The van der Waals surface area contributed by atoms with Crippen LogP contribution >= 0.6 is 0 Å². The van der Waals surface area contributed by atoms with Crippen LogP contribution in [-0.2, 0) is 6.54 Å². The Morgan fingerprint density at radius 3 is 2.43 bits per heavy atom. The highest BCUT2D eigenvalue weighted by molar-refractivity contribution is 5.90. The normalized spacial score (nSPS) is 10.3. The second kappa shape index (κ2) is 8.08. The molecular weight excluding hydrogens is 292 g/mol. The SMILES string of the molecule is COc1ccccc1NC(=O)NCc1ccc(OC(C)C)cc1. The number of rotatable bonds is 6. The van der Waals surface area contributed by atoms with E-state index in [9.17, 15) is 4.79 Å². The highest BCUT2D eigenvalue weighted by atomic mass is 16.5. The lowest BCUT2D eigenvalue weighted by molar-refractivity contribution is 0.242. The smallest absolute Gasteiger partial charge is 0.319 e. The minimum atomic E-state index is -0.281. The largest absolute Gasteiger partial charge is 0.495 e. The predicted molar refractivity (Wildman–Crippen MR) is 91.1 cm³/mol. The first-order valence-corrected chi connectivity index (χ1v) is 7.52. The van der Waals surface area contributed by atoms with Crippen molar-refractivity contribution in [3.8, 4) is 11.5 Å². The average molecular weight is 314 g/mol. The van der Waals surface area contributed by atoms with E-state index in [1.54, 1.807) is 19.2 Å². The van der Waals surface area contributed by atoms with Crippen LogP contribution in [0.1, 0.15) is 19.4 Å². The van der Waals surface area contributed by atoms with Crippen LogP contribution in [0.4, 0.5) is 10.5 Å². The molecule has 0 spiro atoms. The van der Waals surface area contributed by atoms with Gasteiger partial charge in [0.2, 0.25) is 0 Å². The molecule has 122 valence electrons. The van der Waals surface area contributed by atoms with Gasteiger partial charge < -0.3 is 20.1 Å². The number of carbonyl (C=O) groups excluding carboxylic acids is 1. The zero-order valence-electron chi connectivity index (χ0n) is 13.6. The molecule has 0 aliphatic heterocycles. The van der Waals surface area contributed by atoms with Gasteiger partial charge in [-0.25, -0.2) is 4.79 Å². The lowest BCUT2D eigenvalue weighted by Crippen LogP contribution is -2.28. The number of anilines is 1.